The third kappa shape index (κ3) is 7.05. The van der Waals surface area contributed by atoms with Crippen molar-refractivity contribution < 1.29 is 32.8 Å². The number of aryl methyl sites for hydroxylation is 1. The minimum absolute atomic E-state index is 0.0264. The molecule has 1 fully saturated rings. The normalized spacial score (nSPS) is 15.6. The van der Waals surface area contributed by atoms with E-state index < -0.39 is 41.3 Å². The number of carbonyl (C=O) groups is 5. The molecule has 0 spiro atoms. The Hall–Kier alpha value is -4.41. The maximum absolute atomic E-state index is 13.7. The number of imide groups is 2. The van der Waals surface area contributed by atoms with Crippen molar-refractivity contribution in [1.29, 1.82) is 0 Å². The fourth-order valence-corrected chi connectivity index (χ4v) is 3.62. The number of hydrogen-bond donors (Lipinski definition) is 3. The first-order chi connectivity index (χ1) is 17.2. The van der Waals surface area contributed by atoms with Gasteiger partial charge in [0, 0.05) is 36.4 Å². The lowest BCUT2D eigenvalue weighted by Gasteiger charge is -2.27. The molecule has 11 heteroatoms. The van der Waals surface area contributed by atoms with Crippen molar-refractivity contribution >= 4 is 41.4 Å². The summed E-state index contributed by atoms with van der Waals surface area (Å²) in [5, 5.41) is 7.52. The van der Waals surface area contributed by atoms with Gasteiger partial charge in [-0.2, -0.15) is 0 Å². The summed E-state index contributed by atoms with van der Waals surface area (Å²) in [6, 6.07) is 8.84. The third-order valence-electron chi connectivity index (χ3n) is 5.37. The van der Waals surface area contributed by atoms with Crippen LogP contribution >= 0.6 is 0 Å². The Morgan fingerprint density at radius 1 is 1.14 bits per heavy atom. The van der Waals surface area contributed by atoms with Crippen LogP contribution < -0.4 is 16.0 Å². The van der Waals surface area contributed by atoms with Crippen molar-refractivity contribution in [2.24, 2.45) is 0 Å². The predicted molar refractivity (Wildman–Crippen MR) is 126 cm³/mol. The molecule has 0 radical (unpaired) electrons. The molecule has 1 unspecified atom stereocenters. The van der Waals surface area contributed by atoms with Crippen LogP contribution in [-0.4, -0.2) is 41.0 Å². The van der Waals surface area contributed by atoms with E-state index in [2.05, 4.69) is 16.0 Å². The lowest BCUT2D eigenvalue weighted by Crippen LogP contribution is -2.53. The Bertz CT molecular complexity index is 1230. The quantitative estimate of drug-likeness (QED) is 0.277. The van der Waals surface area contributed by atoms with E-state index >= 15 is 0 Å². The van der Waals surface area contributed by atoms with Gasteiger partial charge in [-0.3, -0.25) is 34.2 Å². The first kappa shape index (κ1) is 26.2. The van der Waals surface area contributed by atoms with E-state index in [1.54, 1.807) is 31.2 Å². The van der Waals surface area contributed by atoms with Crippen LogP contribution in [0.4, 0.5) is 20.2 Å². The molecular weight excluding hydrogens is 474 g/mol. The maximum atomic E-state index is 13.7. The van der Waals surface area contributed by atoms with Crippen LogP contribution in [0.3, 0.4) is 0 Å². The molecule has 0 saturated carbocycles. The number of allylic oxidation sites excluding steroid dienone is 1. The molecule has 1 heterocycles. The minimum Gasteiger partial charge on any atom is -0.359 e. The van der Waals surface area contributed by atoms with E-state index in [4.69, 9.17) is 0 Å². The Balaban J connectivity index is 1.57. The van der Waals surface area contributed by atoms with Gasteiger partial charge < -0.3 is 10.6 Å². The van der Waals surface area contributed by atoms with Crippen LogP contribution in [0.1, 0.15) is 31.7 Å². The maximum Gasteiger partial charge on any atom is 0.255 e. The Morgan fingerprint density at radius 2 is 1.92 bits per heavy atom. The highest BCUT2D eigenvalue weighted by molar-refractivity contribution is 6.05. The summed E-state index contributed by atoms with van der Waals surface area (Å²) in [6.45, 7) is 1.60. The number of piperidine rings is 1. The number of rotatable bonds is 9. The molecule has 0 aromatic heterocycles. The largest absolute Gasteiger partial charge is 0.359 e. The van der Waals surface area contributed by atoms with E-state index in [9.17, 15) is 32.8 Å². The lowest BCUT2D eigenvalue weighted by atomic mass is 10.0. The van der Waals surface area contributed by atoms with Crippen LogP contribution in [0.25, 0.3) is 0 Å². The molecule has 0 bridgehead atoms. The highest BCUT2D eigenvalue weighted by atomic mass is 19.1. The highest BCUT2D eigenvalue weighted by Gasteiger charge is 2.33. The molecule has 2 aromatic rings. The number of amides is 5. The van der Waals surface area contributed by atoms with Gasteiger partial charge in [-0.1, -0.05) is 12.1 Å². The summed E-state index contributed by atoms with van der Waals surface area (Å²) in [5.41, 5.74) is 1.68. The summed E-state index contributed by atoms with van der Waals surface area (Å²) < 4.78 is 26.7. The molecule has 1 aliphatic rings. The fourth-order valence-electron chi connectivity index (χ4n) is 3.62. The minimum atomic E-state index is -1.06. The van der Waals surface area contributed by atoms with Gasteiger partial charge in [-0.05, 0) is 49.6 Å². The zero-order chi connectivity index (χ0) is 26.2. The summed E-state index contributed by atoms with van der Waals surface area (Å²) in [5.74, 6) is -3.92. The Labute approximate surface area is 205 Å². The smallest absolute Gasteiger partial charge is 0.255 e. The third-order valence-corrected chi connectivity index (χ3v) is 5.37. The van der Waals surface area contributed by atoms with Gasteiger partial charge in [-0.25, -0.2) is 8.78 Å². The Kier molecular flexibility index (Phi) is 8.61. The molecule has 3 N–H and O–H groups in total. The molecular formula is C25H24F2N4O5. The highest BCUT2D eigenvalue weighted by Crippen LogP contribution is 2.18. The summed E-state index contributed by atoms with van der Waals surface area (Å²) >= 11 is 0. The number of hydrogen-bond acceptors (Lipinski definition) is 6. The van der Waals surface area contributed by atoms with Crippen molar-refractivity contribution in [3.63, 3.8) is 0 Å². The first-order valence-electron chi connectivity index (χ1n) is 11.1. The van der Waals surface area contributed by atoms with Crippen molar-refractivity contribution in [3.8, 4) is 0 Å². The van der Waals surface area contributed by atoms with Gasteiger partial charge in [0.25, 0.3) is 5.91 Å². The van der Waals surface area contributed by atoms with Gasteiger partial charge in [-0.15, -0.1) is 0 Å². The predicted octanol–water partition coefficient (Wildman–Crippen LogP) is 2.64. The number of nitrogens with one attached hydrogen (secondary N) is 3. The number of anilines is 2. The molecule has 36 heavy (non-hydrogen) atoms. The van der Waals surface area contributed by atoms with Gasteiger partial charge in [0.05, 0.1) is 5.69 Å². The van der Waals surface area contributed by atoms with E-state index in [-0.39, 0.29) is 31.4 Å². The summed E-state index contributed by atoms with van der Waals surface area (Å²) in [6.07, 6.45) is 1.89. The van der Waals surface area contributed by atoms with Crippen molar-refractivity contribution in [2.75, 3.05) is 10.6 Å². The second-order valence-corrected chi connectivity index (χ2v) is 8.14. The van der Waals surface area contributed by atoms with Crippen LogP contribution in [0.15, 0.2) is 54.2 Å². The van der Waals surface area contributed by atoms with Crippen LogP contribution in [-0.2, 0) is 30.4 Å². The number of halogens is 2. The topological polar surface area (TPSA) is 125 Å². The monoisotopic (exact) mass is 498 g/mol. The average molecular weight is 498 g/mol. The number of benzene rings is 2. The van der Waals surface area contributed by atoms with Crippen molar-refractivity contribution in [1.82, 2.24) is 10.2 Å². The molecule has 1 saturated heterocycles. The summed E-state index contributed by atoms with van der Waals surface area (Å²) in [7, 11) is 0. The van der Waals surface area contributed by atoms with Gasteiger partial charge in [0.1, 0.15) is 17.7 Å². The fraction of sp³-hybridized carbons (Fsp3) is 0.240. The van der Waals surface area contributed by atoms with E-state index in [0.29, 0.717) is 23.9 Å². The first-order valence-corrected chi connectivity index (χ1v) is 11.1. The zero-order valence-corrected chi connectivity index (χ0v) is 19.3. The van der Waals surface area contributed by atoms with Crippen LogP contribution in [0.2, 0.25) is 0 Å². The molecule has 9 nitrogen and oxygen atoms in total. The molecule has 2 aromatic carbocycles. The van der Waals surface area contributed by atoms with Gasteiger partial charge in [0.2, 0.25) is 24.1 Å². The van der Waals surface area contributed by atoms with Crippen molar-refractivity contribution in [2.45, 2.75) is 38.6 Å². The standard InChI is InChI=1S/C25H24F2N4O5/c1-15(11-24(35)31(14-32)21-8-10-23(34)30-25(21)36)28-18-4-2-3-16(12-18)5-9-22(33)29-20-7-6-17(26)13-19(20)27/h2-4,6-7,11-14,21,28H,5,8-10H2,1H3,(H,29,33)(H,30,34,36)/b15-11+. The van der Waals surface area contributed by atoms with Gasteiger partial charge >= 0.3 is 0 Å². The number of nitrogens with zero attached hydrogens (tertiary/aromatic N) is 1. The molecule has 1 aliphatic heterocycles. The molecule has 5 amide bonds. The lowest BCUT2D eigenvalue weighted by molar-refractivity contribution is -0.148. The Morgan fingerprint density at radius 3 is 2.61 bits per heavy atom. The zero-order valence-electron chi connectivity index (χ0n) is 19.3. The van der Waals surface area contributed by atoms with E-state index in [1.807, 2.05) is 0 Å². The molecule has 3 rings (SSSR count). The number of carbonyl (C=O) groups excluding carboxylic acids is 5. The van der Waals surface area contributed by atoms with E-state index in [0.717, 1.165) is 28.7 Å². The van der Waals surface area contributed by atoms with Crippen molar-refractivity contribution in [3.05, 3.63) is 71.4 Å². The second kappa shape index (κ2) is 11.8. The van der Waals surface area contributed by atoms with E-state index in [1.165, 1.54) is 0 Å². The SMILES string of the molecule is C/C(=C\C(=O)N(C=O)C1CCC(=O)NC1=O)Nc1cccc(CCC(=O)Nc2ccc(F)cc2F)c1. The molecule has 188 valence electrons. The van der Waals surface area contributed by atoms with Crippen LogP contribution in [0.5, 0.6) is 0 Å². The average Bonchev–Trinajstić information content (AvgIpc) is 2.81. The molecule has 0 aliphatic carbocycles. The molecule has 1 atom stereocenters. The van der Waals surface area contributed by atoms with Gasteiger partial charge in [0.15, 0.2) is 0 Å². The second-order valence-electron chi connectivity index (χ2n) is 8.14. The van der Waals surface area contributed by atoms with Crippen LogP contribution in [0, 0.1) is 11.6 Å². The summed E-state index contributed by atoms with van der Waals surface area (Å²) in [4.78, 5) is 60.2.